The second-order valence-corrected chi connectivity index (χ2v) is 6.33. The minimum Gasteiger partial charge on any atom is -0.317 e. The molecule has 4 heteroatoms. The van der Waals surface area contributed by atoms with E-state index in [9.17, 15) is 0 Å². The molecule has 0 aliphatic heterocycles. The van der Waals surface area contributed by atoms with Crippen molar-refractivity contribution in [1.82, 2.24) is 10.3 Å². The van der Waals surface area contributed by atoms with Crippen LogP contribution in [0.2, 0.25) is 0 Å². The molecule has 102 valence electrons. The highest BCUT2D eigenvalue weighted by atomic mass is 79.9. The molecule has 0 spiro atoms. The monoisotopic (exact) mass is 338 g/mol. The van der Waals surface area contributed by atoms with Crippen LogP contribution in [0.4, 0.5) is 0 Å². The summed E-state index contributed by atoms with van der Waals surface area (Å²) in [6.07, 6.45) is 2.13. The number of hydrogen-bond donors (Lipinski definition) is 1. The standard InChI is InChI=1S/C15H19BrN2S/c1-2-17-9-13(8-15-10-19-11-18-15)6-12-4-3-5-14(16)7-12/h3-5,7,10-11,13,17H,2,6,8-9H2,1H3. The first-order chi connectivity index (χ1) is 9.28. The number of halogens is 1. The van der Waals surface area contributed by atoms with Crippen LogP contribution in [0.15, 0.2) is 39.6 Å². The molecule has 1 aromatic carbocycles. The van der Waals surface area contributed by atoms with Gasteiger partial charge in [0.05, 0.1) is 11.2 Å². The third kappa shape index (κ3) is 5.05. The van der Waals surface area contributed by atoms with E-state index in [4.69, 9.17) is 0 Å². The Labute approximate surface area is 127 Å². The molecule has 0 amide bonds. The van der Waals surface area contributed by atoms with Crippen LogP contribution in [0.3, 0.4) is 0 Å². The molecule has 1 atom stereocenters. The molecule has 1 N–H and O–H groups in total. The lowest BCUT2D eigenvalue weighted by molar-refractivity contribution is 0.474. The number of hydrogen-bond acceptors (Lipinski definition) is 3. The molecule has 1 unspecified atom stereocenters. The molecule has 2 rings (SSSR count). The summed E-state index contributed by atoms with van der Waals surface area (Å²) >= 11 is 5.21. The zero-order valence-corrected chi connectivity index (χ0v) is 13.5. The van der Waals surface area contributed by atoms with Gasteiger partial charge in [0.1, 0.15) is 0 Å². The van der Waals surface area contributed by atoms with Crippen molar-refractivity contribution in [3.8, 4) is 0 Å². The number of thiazole rings is 1. The second-order valence-electron chi connectivity index (χ2n) is 4.69. The molecule has 0 aliphatic rings. The van der Waals surface area contributed by atoms with Gasteiger partial charge in [0.2, 0.25) is 0 Å². The lowest BCUT2D eigenvalue weighted by atomic mass is 9.95. The van der Waals surface area contributed by atoms with Crippen molar-refractivity contribution in [1.29, 1.82) is 0 Å². The zero-order chi connectivity index (χ0) is 13.5. The van der Waals surface area contributed by atoms with Gasteiger partial charge < -0.3 is 5.32 Å². The molecular weight excluding hydrogens is 320 g/mol. The first-order valence-electron chi connectivity index (χ1n) is 6.60. The molecule has 0 saturated carbocycles. The molecule has 0 bridgehead atoms. The normalized spacial score (nSPS) is 12.5. The smallest absolute Gasteiger partial charge is 0.0794 e. The van der Waals surface area contributed by atoms with E-state index in [0.29, 0.717) is 5.92 Å². The molecule has 1 aromatic heterocycles. The van der Waals surface area contributed by atoms with Crippen molar-refractivity contribution in [2.24, 2.45) is 5.92 Å². The highest BCUT2D eigenvalue weighted by Crippen LogP contribution is 2.18. The van der Waals surface area contributed by atoms with E-state index < -0.39 is 0 Å². The summed E-state index contributed by atoms with van der Waals surface area (Å²) in [5, 5.41) is 5.61. The van der Waals surface area contributed by atoms with E-state index in [0.717, 1.165) is 30.4 Å². The van der Waals surface area contributed by atoms with Crippen LogP contribution in [-0.4, -0.2) is 18.1 Å². The van der Waals surface area contributed by atoms with Crippen molar-refractivity contribution in [3.63, 3.8) is 0 Å². The number of nitrogens with one attached hydrogen (secondary N) is 1. The van der Waals surface area contributed by atoms with Crippen LogP contribution in [-0.2, 0) is 12.8 Å². The van der Waals surface area contributed by atoms with E-state index in [1.165, 1.54) is 11.3 Å². The summed E-state index contributed by atoms with van der Waals surface area (Å²) in [6.45, 7) is 4.21. The SMILES string of the molecule is CCNCC(Cc1cccc(Br)c1)Cc1cscn1. The van der Waals surface area contributed by atoms with Crippen LogP contribution in [0.1, 0.15) is 18.2 Å². The van der Waals surface area contributed by atoms with Gasteiger partial charge in [0, 0.05) is 9.85 Å². The summed E-state index contributed by atoms with van der Waals surface area (Å²) < 4.78 is 1.15. The number of benzene rings is 1. The quantitative estimate of drug-likeness (QED) is 0.827. The van der Waals surface area contributed by atoms with E-state index in [1.54, 1.807) is 11.3 Å². The second kappa shape index (κ2) is 7.78. The Morgan fingerprint density at radius 1 is 1.37 bits per heavy atom. The Hall–Kier alpha value is -0.710. The van der Waals surface area contributed by atoms with Crippen molar-refractivity contribution in [2.45, 2.75) is 19.8 Å². The van der Waals surface area contributed by atoms with Crippen LogP contribution in [0.5, 0.6) is 0 Å². The molecule has 0 radical (unpaired) electrons. The molecule has 0 saturated heterocycles. The third-order valence-corrected chi connectivity index (χ3v) is 4.21. The van der Waals surface area contributed by atoms with E-state index in [2.05, 4.69) is 62.8 Å². The van der Waals surface area contributed by atoms with Gasteiger partial charge in [-0.2, -0.15) is 0 Å². The van der Waals surface area contributed by atoms with E-state index in [1.807, 2.05) is 5.51 Å². The maximum absolute atomic E-state index is 4.40. The number of nitrogens with zero attached hydrogens (tertiary/aromatic N) is 1. The Morgan fingerprint density at radius 2 is 2.26 bits per heavy atom. The molecule has 0 fully saturated rings. The van der Waals surface area contributed by atoms with E-state index in [-0.39, 0.29) is 0 Å². The van der Waals surface area contributed by atoms with Gasteiger partial charge >= 0.3 is 0 Å². The van der Waals surface area contributed by atoms with Gasteiger partial charge in [-0.05, 0) is 49.5 Å². The van der Waals surface area contributed by atoms with Gasteiger partial charge in [0.15, 0.2) is 0 Å². The average Bonchev–Trinajstić information content (AvgIpc) is 2.89. The maximum atomic E-state index is 4.40. The van der Waals surface area contributed by atoms with Crippen LogP contribution in [0.25, 0.3) is 0 Å². The molecule has 0 aliphatic carbocycles. The van der Waals surface area contributed by atoms with Crippen LogP contribution >= 0.6 is 27.3 Å². The summed E-state index contributed by atoms with van der Waals surface area (Å²) in [7, 11) is 0. The lowest BCUT2D eigenvalue weighted by Crippen LogP contribution is -2.25. The molecule has 1 heterocycles. The van der Waals surface area contributed by atoms with Crippen LogP contribution < -0.4 is 5.32 Å². The summed E-state index contributed by atoms with van der Waals surface area (Å²) in [4.78, 5) is 4.40. The first-order valence-corrected chi connectivity index (χ1v) is 8.33. The highest BCUT2D eigenvalue weighted by Gasteiger charge is 2.12. The minimum absolute atomic E-state index is 0.594. The lowest BCUT2D eigenvalue weighted by Gasteiger charge is -2.16. The Balaban J connectivity index is 2.00. The number of rotatable bonds is 7. The largest absolute Gasteiger partial charge is 0.317 e. The predicted octanol–water partition coefficient (Wildman–Crippen LogP) is 3.92. The van der Waals surface area contributed by atoms with Gasteiger partial charge in [-0.15, -0.1) is 11.3 Å². The fourth-order valence-corrected chi connectivity index (χ4v) is 3.21. The predicted molar refractivity (Wildman–Crippen MR) is 85.7 cm³/mol. The van der Waals surface area contributed by atoms with Gasteiger partial charge in [0.25, 0.3) is 0 Å². The fraction of sp³-hybridized carbons (Fsp3) is 0.400. The molecular formula is C15H19BrN2S. The van der Waals surface area contributed by atoms with Gasteiger partial charge in [-0.25, -0.2) is 4.98 Å². The van der Waals surface area contributed by atoms with Gasteiger partial charge in [-0.1, -0.05) is 35.0 Å². The molecule has 2 nitrogen and oxygen atoms in total. The Morgan fingerprint density at radius 3 is 2.95 bits per heavy atom. The van der Waals surface area contributed by atoms with E-state index >= 15 is 0 Å². The summed E-state index contributed by atoms with van der Waals surface area (Å²) in [5.74, 6) is 0.594. The Bertz CT molecular complexity index is 485. The topological polar surface area (TPSA) is 24.9 Å². The molecule has 19 heavy (non-hydrogen) atoms. The highest BCUT2D eigenvalue weighted by molar-refractivity contribution is 9.10. The zero-order valence-electron chi connectivity index (χ0n) is 11.1. The average molecular weight is 339 g/mol. The van der Waals surface area contributed by atoms with Crippen molar-refractivity contribution in [3.05, 3.63) is 50.9 Å². The fourth-order valence-electron chi connectivity index (χ4n) is 2.20. The van der Waals surface area contributed by atoms with Crippen molar-refractivity contribution >= 4 is 27.3 Å². The maximum Gasteiger partial charge on any atom is 0.0794 e. The Kier molecular flexibility index (Phi) is 6.01. The van der Waals surface area contributed by atoms with Crippen LogP contribution in [0, 0.1) is 5.92 Å². The third-order valence-electron chi connectivity index (χ3n) is 3.08. The van der Waals surface area contributed by atoms with Crippen molar-refractivity contribution in [2.75, 3.05) is 13.1 Å². The molecule has 2 aromatic rings. The van der Waals surface area contributed by atoms with Crippen molar-refractivity contribution < 1.29 is 0 Å². The number of aromatic nitrogens is 1. The summed E-state index contributed by atoms with van der Waals surface area (Å²) in [5.41, 5.74) is 4.51. The minimum atomic E-state index is 0.594. The first kappa shape index (κ1) is 14.7. The van der Waals surface area contributed by atoms with Gasteiger partial charge in [-0.3, -0.25) is 0 Å². The summed E-state index contributed by atoms with van der Waals surface area (Å²) in [6, 6.07) is 8.58.